The van der Waals surface area contributed by atoms with E-state index < -0.39 is 79.3 Å². The smallest absolute Gasteiger partial charge is 0.410 e. The second kappa shape index (κ2) is 29.7. The molecule has 0 radical (unpaired) electrons. The van der Waals surface area contributed by atoms with Crippen LogP contribution in [0.2, 0.25) is 0 Å². The van der Waals surface area contributed by atoms with Crippen LogP contribution in [0.1, 0.15) is 71.3 Å². The number of carbonyl (C=O) groups excluding carboxylic acids is 3. The molecule has 2 heterocycles. The third-order valence-corrected chi connectivity index (χ3v) is 13.3. The molecule has 6 aromatic carbocycles. The Balaban J connectivity index is 1.02. The average molecular weight is 1050 g/mol. The molecular formula is C62H70N2O13. The normalized spacial score (nSPS) is 23.1. The lowest BCUT2D eigenvalue weighted by molar-refractivity contribution is -0.350. The zero-order valence-electron chi connectivity index (χ0n) is 43.7. The first kappa shape index (κ1) is 56.4. The summed E-state index contributed by atoms with van der Waals surface area (Å²) in [6, 6.07) is 55.8. The van der Waals surface area contributed by atoms with Crippen molar-refractivity contribution < 1.29 is 62.1 Å². The van der Waals surface area contributed by atoms with Crippen molar-refractivity contribution in [1.82, 2.24) is 10.2 Å². The van der Waals surface area contributed by atoms with Crippen LogP contribution >= 0.6 is 0 Å². The molecule has 0 bridgehead atoms. The Hall–Kier alpha value is -6.79. The molecule has 0 spiro atoms. The molecule has 15 heteroatoms. The summed E-state index contributed by atoms with van der Waals surface area (Å²) in [5, 5.41) is 15.0. The highest BCUT2D eigenvalue weighted by Gasteiger charge is 2.54. The van der Waals surface area contributed by atoms with Gasteiger partial charge in [0.2, 0.25) is 5.91 Å². The van der Waals surface area contributed by atoms with E-state index in [-0.39, 0.29) is 45.2 Å². The molecule has 2 fully saturated rings. The minimum atomic E-state index is -1.43. The number of hydrogen-bond acceptors (Lipinski definition) is 13. The van der Waals surface area contributed by atoms with Crippen LogP contribution in [0, 0.1) is 0 Å². The number of carbonyl (C=O) groups is 3. The van der Waals surface area contributed by atoms with Gasteiger partial charge in [-0.25, -0.2) is 9.59 Å². The van der Waals surface area contributed by atoms with Crippen molar-refractivity contribution in [2.45, 2.75) is 127 Å². The molecule has 2 N–H and O–H groups in total. The van der Waals surface area contributed by atoms with E-state index in [1.807, 2.05) is 152 Å². The quantitative estimate of drug-likeness (QED) is 0.0390. The van der Waals surface area contributed by atoms with Crippen LogP contribution in [-0.4, -0.2) is 109 Å². The SMILES string of the molecule is CC(=O)N[C@H]1[C@H](OCCCCCN(Cc2ccccc2)C(=O)OCc2ccccc2)O[C@H](C)[C@H](O)[C@@H]1O[C@@H]1O[C@H](COCc2ccccc2)[C@@H](OCc2ccccc2)[C@H](OCc2ccccc2)[C@H]1OC(=O)c1ccccc1. The van der Waals surface area contributed by atoms with Crippen LogP contribution in [0.15, 0.2) is 182 Å². The summed E-state index contributed by atoms with van der Waals surface area (Å²) in [5.74, 6) is -1.10. The van der Waals surface area contributed by atoms with Crippen molar-refractivity contribution in [3.8, 4) is 0 Å². The topological polar surface area (TPSA) is 170 Å². The van der Waals surface area contributed by atoms with E-state index in [9.17, 15) is 19.5 Å². The van der Waals surface area contributed by atoms with Crippen LogP contribution in [0.4, 0.5) is 4.79 Å². The Morgan fingerprint density at radius 3 is 1.65 bits per heavy atom. The summed E-state index contributed by atoms with van der Waals surface area (Å²) in [6.45, 7) is 4.77. The van der Waals surface area contributed by atoms with Gasteiger partial charge in [0.1, 0.15) is 43.2 Å². The molecule has 10 atom stereocenters. The molecule has 0 aromatic heterocycles. The first-order valence-electron chi connectivity index (χ1n) is 26.4. The first-order chi connectivity index (χ1) is 37.7. The van der Waals surface area contributed by atoms with Gasteiger partial charge in [0.05, 0.1) is 38.1 Å². The van der Waals surface area contributed by atoms with Gasteiger partial charge in [0.25, 0.3) is 0 Å². The van der Waals surface area contributed by atoms with E-state index in [0.717, 1.165) is 27.8 Å². The number of nitrogens with one attached hydrogen (secondary N) is 1. The fourth-order valence-corrected chi connectivity index (χ4v) is 9.29. The van der Waals surface area contributed by atoms with E-state index >= 15 is 0 Å². The Morgan fingerprint density at radius 2 is 1.08 bits per heavy atom. The van der Waals surface area contributed by atoms with Crippen molar-refractivity contribution in [2.75, 3.05) is 19.8 Å². The summed E-state index contributed by atoms with van der Waals surface area (Å²) in [4.78, 5) is 42.4. The van der Waals surface area contributed by atoms with Gasteiger partial charge in [-0.3, -0.25) is 4.79 Å². The van der Waals surface area contributed by atoms with Gasteiger partial charge in [-0.15, -0.1) is 0 Å². The lowest BCUT2D eigenvalue weighted by atomic mass is 9.95. The summed E-state index contributed by atoms with van der Waals surface area (Å²) in [7, 11) is 0. The molecule has 6 aromatic rings. The molecule has 15 nitrogen and oxygen atoms in total. The minimum absolute atomic E-state index is 0.00520. The lowest BCUT2D eigenvalue weighted by Crippen LogP contribution is -2.68. The fraction of sp³-hybridized carbons (Fsp3) is 0.371. The molecule has 8 rings (SSSR count). The zero-order chi connectivity index (χ0) is 53.6. The second-order valence-electron chi connectivity index (χ2n) is 19.2. The molecule has 2 saturated heterocycles. The van der Waals surface area contributed by atoms with E-state index in [1.54, 1.807) is 42.2 Å². The summed E-state index contributed by atoms with van der Waals surface area (Å²) in [5.41, 5.74) is 4.85. The predicted molar refractivity (Wildman–Crippen MR) is 287 cm³/mol. The highest BCUT2D eigenvalue weighted by molar-refractivity contribution is 5.89. The molecule has 2 amide bonds. The Labute approximate surface area is 451 Å². The molecule has 2 aliphatic heterocycles. The Kier molecular flexibility index (Phi) is 21.7. The standard InChI is InChI=1S/C62H70N2O13/c1-44-54(66)56(53(63-45(2)65)60(74-44)70-37-23-9-22-36-64(38-46-24-10-3-11-25-46)62(68)73-42-50-32-18-7-19-33-50)77-61-58(76-59(67)51-34-20-8-21-35-51)57(72-41-49-30-16-6-17-31-49)55(71-40-48-28-14-5-15-29-48)52(75-61)43-69-39-47-26-12-4-13-27-47/h3-8,10-21,24-35,44,52-58,60-61,66H,9,22-23,36-43H2,1-2H3,(H,63,65)/t44-,52-,53-,54+,55-,56-,57+,58-,60-,61+/m1/s1. The predicted octanol–water partition coefficient (Wildman–Crippen LogP) is 9.35. The summed E-state index contributed by atoms with van der Waals surface area (Å²) < 4.78 is 58.7. The first-order valence-corrected chi connectivity index (χ1v) is 26.4. The van der Waals surface area contributed by atoms with Crippen molar-refractivity contribution >= 4 is 18.0 Å². The summed E-state index contributed by atoms with van der Waals surface area (Å²) >= 11 is 0. The molecule has 406 valence electrons. The number of esters is 1. The second-order valence-corrected chi connectivity index (χ2v) is 19.2. The number of aliphatic hydroxyl groups excluding tert-OH is 1. The Morgan fingerprint density at radius 1 is 0.558 bits per heavy atom. The molecule has 77 heavy (non-hydrogen) atoms. The van der Waals surface area contributed by atoms with E-state index in [4.69, 9.17) is 42.6 Å². The van der Waals surface area contributed by atoms with E-state index in [0.29, 0.717) is 32.4 Å². The van der Waals surface area contributed by atoms with Gasteiger partial charge in [-0.1, -0.05) is 170 Å². The molecule has 0 unspecified atom stereocenters. The molecule has 2 aliphatic rings. The van der Waals surface area contributed by atoms with Gasteiger partial charge in [-0.05, 0) is 66.1 Å². The monoisotopic (exact) mass is 1050 g/mol. The highest BCUT2D eigenvalue weighted by atomic mass is 16.7. The number of unbranched alkanes of at least 4 members (excludes halogenated alkanes) is 2. The van der Waals surface area contributed by atoms with Crippen LogP contribution in [-0.2, 0) is 80.4 Å². The number of ether oxygens (including phenoxy) is 9. The minimum Gasteiger partial charge on any atom is -0.450 e. The number of amides is 2. The van der Waals surface area contributed by atoms with Crippen LogP contribution in [0.5, 0.6) is 0 Å². The number of benzene rings is 6. The van der Waals surface area contributed by atoms with Crippen molar-refractivity contribution in [3.63, 3.8) is 0 Å². The number of hydrogen-bond donors (Lipinski definition) is 2. The Bertz CT molecular complexity index is 2660. The lowest BCUT2D eigenvalue weighted by Gasteiger charge is -2.49. The maximum atomic E-state index is 14.2. The molecule has 0 saturated carbocycles. The van der Waals surface area contributed by atoms with Gasteiger partial charge in [0, 0.05) is 26.6 Å². The fourth-order valence-electron chi connectivity index (χ4n) is 9.29. The maximum Gasteiger partial charge on any atom is 0.410 e. The van der Waals surface area contributed by atoms with Gasteiger partial charge in [-0.2, -0.15) is 0 Å². The van der Waals surface area contributed by atoms with Crippen LogP contribution in [0.3, 0.4) is 0 Å². The molecule has 0 aliphatic carbocycles. The molecular weight excluding hydrogens is 981 g/mol. The maximum absolute atomic E-state index is 14.2. The van der Waals surface area contributed by atoms with Gasteiger partial charge in [0.15, 0.2) is 18.7 Å². The zero-order valence-corrected chi connectivity index (χ0v) is 43.7. The number of nitrogens with zero attached hydrogens (tertiary/aromatic N) is 1. The van der Waals surface area contributed by atoms with Crippen LogP contribution in [0.25, 0.3) is 0 Å². The van der Waals surface area contributed by atoms with Crippen molar-refractivity contribution in [1.29, 1.82) is 0 Å². The van der Waals surface area contributed by atoms with E-state index in [2.05, 4.69) is 5.32 Å². The van der Waals surface area contributed by atoms with Crippen LogP contribution < -0.4 is 5.32 Å². The van der Waals surface area contributed by atoms with Gasteiger partial charge < -0.3 is 58.0 Å². The number of rotatable bonds is 26. The van der Waals surface area contributed by atoms with Gasteiger partial charge >= 0.3 is 12.1 Å². The van der Waals surface area contributed by atoms with E-state index in [1.165, 1.54) is 6.92 Å². The largest absolute Gasteiger partial charge is 0.450 e. The average Bonchev–Trinajstić information content (AvgIpc) is 3.47. The highest BCUT2D eigenvalue weighted by Crippen LogP contribution is 2.35. The van der Waals surface area contributed by atoms with Crippen molar-refractivity contribution in [3.05, 3.63) is 215 Å². The summed E-state index contributed by atoms with van der Waals surface area (Å²) in [6.07, 6.45) is -8.54. The third kappa shape index (κ3) is 17.1. The number of aliphatic hydroxyl groups is 1. The third-order valence-electron chi connectivity index (χ3n) is 13.3. The van der Waals surface area contributed by atoms with Crippen molar-refractivity contribution in [2.24, 2.45) is 0 Å².